The van der Waals surface area contributed by atoms with Gasteiger partial charge in [0.25, 0.3) is 0 Å². The number of aliphatic carboxylic acids is 1. The van der Waals surface area contributed by atoms with Crippen LogP contribution in [0.5, 0.6) is 0 Å². The summed E-state index contributed by atoms with van der Waals surface area (Å²) in [4.78, 5) is 39.4. The maximum Gasteiger partial charge on any atom is 0.318 e. The molecule has 2 aliphatic heterocycles. The zero-order chi connectivity index (χ0) is 19.9. The molecule has 1 aromatic carbocycles. The van der Waals surface area contributed by atoms with E-state index in [1.165, 1.54) is 7.11 Å². The fourth-order valence-electron chi connectivity index (χ4n) is 5.08. The van der Waals surface area contributed by atoms with E-state index in [9.17, 15) is 19.5 Å². The summed E-state index contributed by atoms with van der Waals surface area (Å²) in [6, 6.07) is 9.91. The molecule has 6 heteroatoms. The number of allylic oxidation sites excluding steroid dienone is 2. The van der Waals surface area contributed by atoms with Crippen LogP contribution >= 0.6 is 0 Å². The Kier molecular flexibility index (Phi) is 4.57. The molecule has 0 radical (unpaired) electrons. The number of hydrogen-bond donors (Lipinski definition) is 1. The normalized spacial score (nSPS) is 26.5. The largest absolute Gasteiger partial charge is 0.481 e. The third-order valence-corrected chi connectivity index (χ3v) is 6.20. The molecule has 0 bridgehead atoms. The molecule has 2 heterocycles. The van der Waals surface area contributed by atoms with Crippen LogP contribution in [-0.4, -0.2) is 41.5 Å². The van der Waals surface area contributed by atoms with Gasteiger partial charge in [0.05, 0.1) is 19.4 Å². The predicted molar refractivity (Wildman–Crippen MR) is 102 cm³/mol. The summed E-state index contributed by atoms with van der Waals surface area (Å²) >= 11 is 0. The van der Waals surface area contributed by atoms with Gasteiger partial charge in [-0.2, -0.15) is 0 Å². The Morgan fingerprint density at radius 3 is 2.68 bits per heavy atom. The molecule has 2 atom stereocenters. The molecule has 3 aliphatic rings. The lowest BCUT2D eigenvalue weighted by Crippen LogP contribution is -2.40. The van der Waals surface area contributed by atoms with Crippen LogP contribution in [0.1, 0.15) is 37.7 Å². The van der Waals surface area contributed by atoms with E-state index in [1.807, 2.05) is 36.4 Å². The summed E-state index contributed by atoms with van der Waals surface area (Å²) in [5.74, 6) is -2.79. The molecule has 4 rings (SSSR count). The second-order valence-corrected chi connectivity index (χ2v) is 7.58. The van der Waals surface area contributed by atoms with E-state index in [-0.39, 0.29) is 12.3 Å². The van der Waals surface area contributed by atoms with Crippen molar-refractivity contribution in [2.75, 3.05) is 13.7 Å². The van der Waals surface area contributed by atoms with E-state index >= 15 is 0 Å². The van der Waals surface area contributed by atoms with Gasteiger partial charge in [-0.3, -0.25) is 14.4 Å². The zero-order valence-corrected chi connectivity index (χ0v) is 15.8. The number of hydrogen-bond acceptors (Lipinski definition) is 4. The third-order valence-electron chi connectivity index (χ3n) is 6.20. The van der Waals surface area contributed by atoms with Gasteiger partial charge < -0.3 is 14.7 Å². The molecule has 1 aromatic rings. The minimum atomic E-state index is -1.22. The van der Waals surface area contributed by atoms with E-state index in [0.717, 1.165) is 36.0 Å². The number of ether oxygens (including phenoxy) is 1. The summed E-state index contributed by atoms with van der Waals surface area (Å²) in [5.41, 5.74) is 2.51. The molecule has 1 aliphatic carbocycles. The lowest BCUT2D eigenvalue weighted by molar-refractivity contribution is -0.156. The van der Waals surface area contributed by atoms with E-state index in [2.05, 4.69) is 0 Å². The average molecular weight is 381 g/mol. The van der Waals surface area contributed by atoms with E-state index in [0.29, 0.717) is 18.7 Å². The maximum absolute atomic E-state index is 13.2. The first-order valence-corrected chi connectivity index (χ1v) is 9.62. The Morgan fingerprint density at radius 1 is 1.25 bits per heavy atom. The number of carbonyl (C=O) groups is 3. The van der Waals surface area contributed by atoms with E-state index < -0.39 is 23.3 Å². The average Bonchev–Trinajstić information content (AvgIpc) is 2.84. The minimum absolute atomic E-state index is 0.287. The van der Waals surface area contributed by atoms with Gasteiger partial charge in [0.15, 0.2) is 0 Å². The fourth-order valence-corrected chi connectivity index (χ4v) is 5.08. The molecule has 1 saturated heterocycles. The molecule has 146 valence electrons. The molecule has 1 N–H and O–H groups in total. The molecule has 28 heavy (non-hydrogen) atoms. The van der Waals surface area contributed by atoms with Crippen LogP contribution < -0.4 is 0 Å². The van der Waals surface area contributed by atoms with Crippen molar-refractivity contribution in [2.45, 2.75) is 32.1 Å². The van der Waals surface area contributed by atoms with Crippen molar-refractivity contribution >= 4 is 23.4 Å². The standard InChI is InChI=1S/C22H23NO5/c1-28-21(27)22-11-6-5-9-16-15(14-7-3-2-4-8-14)10-12-23(19(16)22)20(26)17(22)13-18(24)25/h2-4,7-8,10,17H,5-6,9,11-13H2,1H3,(H,24,25)/t17-,22-/m0/s1. The SMILES string of the molecule is COC(=O)[C@]12CCCCC3=C1N(CC=C3c1ccccc1)C(=O)[C@@H]2CC(=O)O. The number of benzene rings is 1. The van der Waals surface area contributed by atoms with Crippen molar-refractivity contribution in [1.29, 1.82) is 0 Å². The maximum atomic E-state index is 13.2. The van der Waals surface area contributed by atoms with Gasteiger partial charge in [-0.1, -0.05) is 42.8 Å². The second-order valence-electron chi connectivity index (χ2n) is 7.58. The smallest absolute Gasteiger partial charge is 0.318 e. The molecular formula is C22H23NO5. The third kappa shape index (κ3) is 2.58. The first-order valence-electron chi connectivity index (χ1n) is 9.62. The lowest BCUT2D eigenvalue weighted by Gasteiger charge is -2.34. The van der Waals surface area contributed by atoms with Crippen molar-refractivity contribution in [3.05, 3.63) is 53.2 Å². The number of nitrogens with zero attached hydrogens (tertiary/aromatic N) is 1. The van der Waals surface area contributed by atoms with Crippen LogP contribution in [0.25, 0.3) is 5.57 Å². The molecule has 1 amide bonds. The van der Waals surface area contributed by atoms with Gasteiger partial charge in [0, 0.05) is 12.2 Å². The molecule has 0 saturated carbocycles. The Balaban J connectivity index is 1.95. The number of rotatable bonds is 4. The van der Waals surface area contributed by atoms with Crippen LogP contribution in [0.4, 0.5) is 0 Å². The molecule has 1 fully saturated rings. The van der Waals surface area contributed by atoms with Gasteiger partial charge in [-0.05, 0) is 36.0 Å². The van der Waals surface area contributed by atoms with E-state index in [1.54, 1.807) is 4.90 Å². The van der Waals surface area contributed by atoms with Crippen molar-refractivity contribution in [1.82, 2.24) is 4.90 Å². The first kappa shape index (κ1) is 18.5. The molecule has 0 spiro atoms. The van der Waals surface area contributed by atoms with Crippen LogP contribution in [-0.2, 0) is 19.1 Å². The Bertz CT molecular complexity index is 901. The van der Waals surface area contributed by atoms with Crippen LogP contribution in [0.2, 0.25) is 0 Å². The highest BCUT2D eigenvalue weighted by Gasteiger charge is 2.63. The highest BCUT2D eigenvalue weighted by Crippen LogP contribution is 2.57. The number of carbonyl (C=O) groups excluding carboxylic acids is 2. The summed E-state index contributed by atoms with van der Waals surface area (Å²) in [7, 11) is 1.31. The highest BCUT2D eigenvalue weighted by molar-refractivity contribution is 6.01. The quantitative estimate of drug-likeness (QED) is 0.811. The number of methoxy groups -OCH3 is 1. The second kappa shape index (κ2) is 6.93. The Hall–Kier alpha value is -2.89. The van der Waals surface area contributed by atoms with Crippen molar-refractivity contribution in [2.24, 2.45) is 11.3 Å². The van der Waals surface area contributed by atoms with Crippen molar-refractivity contribution < 1.29 is 24.2 Å². The van der Waals surface area contributed by atoms with Gasteiger partial charge in [0.2, 0.25) is 5.91 Å². The van der Waals surface area contributed by atoms with Crippen LogP contribution in [0.15, 0.2) is 47.7 Å². The number of amides is 1. The Labute approximate surface area is 163 Å². The van der Waals surface area contributed by atoms with Gasteiger partial charge in [-0.25, -0.2) is 0 Å². The predicted octanol–water partition coefficient (Wildman–Crippen LogP) is 3.00. The monoisotopic (exact) mass is 381 g/mol. The molecule has 0 unspecified atom stereocenters. The summed E-state index contributed by atoms with van der Waals surface area (Å²) in [5, 5.41) is 9.44. The number of carboxylic acids is 1. The summed E-state index contributed by atoms with van der Waals surface area (Å²) in [6.07, 6.45) is 4.44. The molecular weight excluding hydrogens is 358 g/mol. The molecule has 6 nitrogen and oxygen atoms in total. The first-order chi connectivity index (χ1) is 13.5. The van der Waals surface area contributed by atoms with Gasteiger partial charge in [0.1, 0.15) is 5.41 Å². The summed E-state index contributed by atoms with van der Waals surface area (Å²) < 4.78 is 5.15. The number of esters is 1. The van der Waals surface area contributed by atoms with Crippen molar-refractivity contribution in [3.63, 3.8) is 0 Å². The zero-order valence-electron chi connectivity index (χ0n) is 15.8. The highest BCUT2D eigenvalue weighted by atomic mass is 16.5. The van der Waals surface area contributed by atoms with Gasteiger partial charge >= 0.3 is 11.9 Å². The van der Waals surface area contributed by atoms with Crippen molar-refractivity contribution in [3.8, 4) is 0 Å². The van der Waals surface area contributed by atoms with E-state index in [4.69, 9.17) is 4.74 Å². The van der Waals surface area contributed by atoms with Crippen LogP contribution in [0, 0.1) is 11.3 Å². The minimum Gasteiger partial charge on any atom is -0.481 e. The topological polar surface area (TPSA) is 83.9 Å². The molecule has 0 aromatic heterocycles. The van der Waals surface area contributed by atoms with Crippen LogP contribution in [0.3, 0.4) is 0 Å². The number of carboxylic acid groups (broad SMARTS) is 1. The fraction of sp³-hybridized carbons (Fsp3) is 0.409. The van der Waals surface area contributed by atoms with Gasteiger partial charge in [-0.15, -0.1) is 0 Å². The summed E-state index contributed by atoms with van der Waals surface area (Å²) in [6.45, 7) is 0.344. The lowest BCUT2D eigenvalue weighted by atomic mass is 9.69. The Morgan fingerprint density at radius 2 is 2.00 bits per heavy atom.